The van der Waals surface area contributed by atoms with E-state index in [-0.39, 0.29) is 12.1 Å². The van der Waals surface area contributed by atoms with E-state index in [1.54, 1.807) is 7.11 Å². The second kappa shape index (κ2) is 7.79. The number of amidine groups is 1. The van der Waals surface area contributed by atoms with Crippen molar-refractivity contribution in [2.75, 3.05) is 13.7 Å². The minimum atomic E-state index is 0.0637. The maximum absolute atomic E-state index is 6.02. The summed E-state index contributed by atoms with van der Waals surface area (Å²) in [5.74, 6) is 2.41. The maximum atomic E-state index is 6.02. The number of aliphatic imine (C=N–C) groups is 1. The van der Waals surface area contributed by atoms with E-state index < -0.39 is 0 Å². The van der Waals surface area contributed by atoms with Crippen LogP contribution in [0.5, 0.6) is 11.5 Å². The van der Waals surface area contributed by atoms with Crippen LogP contribution in [-0.4, -0.2) is 25.6 Å². The molecule has 1 N–H and O–H groups in total. The van der Waals surface area contributed by atoms with Gasteiger partial charge in [0.25, 0.3) is 0 Å². The number of nitrogens with one attached hydrogen (secondary N) is 1. The van der Waals surface area contributed by atoms with Gasteiger partial charge in [-0.1, -0.05) is 30.7 Å². The van der Waals surface area contributed by atoms with E-state index in [0.717, 1.165) is 39.9 Å². The normalized spacial score (nSPS) is 19.3. The molecular formula is C20H23ClN2O2. The lowest BCUT2D eigenvalue weighted by molar-refractivity contribution is 0.335. The summed E-state index contributed by atoms with van der Waals surface area (Å²) in [5.41, 5.74) is 2.11. The molecule has 3 rings (SSSR count). The van der Waals surface area contributed by atoms with Crippen molar-refractivity contribution in [1.29, 1.82) is 0 Å². The zero-order chi connectivity index (χ0) is 17.8. The minimum absolute atomic E-state index is 0.0637. The highest BCUT2D eigenvalue weighted by Crippen LogP contribution is 2.33. The third-order valence-corrected chi connectivity index (χ3v) is 4.62. The summed E-state index contributed by atoms with van der Waals surface area (Å²) in [5, 5.41) is 4.29. The van der Waals surface area contributed by atoms with Crippen molar-refractivity contribution in [2.45, 2.75) is 32.4 Å². The number of hydrogen-bond donors (Lipinski definition) is 1. The first kappa shape index (κ1) is 17.6. The standard InChI is InChI=1S/C20H23ClN2O2/c1-4-17-19(13-6-8-14(21)9-7-13)23-20(22-17)16-11-10-15(24-3)12-18(16)25-5-2/h6-12,17,19H,4-5H2,1-3H3,(H,22,23)/t17-,19?/m1/s1. The molecule has 25 heavy (non-hydrogen) atoms. The van der Waals surface area contributed by atoms with Crippen molar-refractivity contribution < 1.29 is 9.47 Å². The first-order chi connectivity index (χ1) is 12.2. The van der Waals surface area contributed by atoms with Gasteiger partial charge in [0.2, 0.25) is 0 Å². The number of nitrogens with zero attached hydrogens (tertiary/aromatic N) is 1. The molecule has 0 aromatic heterocycles. The van der Waals surface area contributed by atoms with Crippen molar-refractivity contribution in [3.8, 4) is 11.5 Å². The van der Waals surface area contributed by atoms with E-state index >= 15 is 0 Å². The largest absolute Gasteiger partial charge is 0.497 e. The fourth-order valence-electron chi connectivity index (χ4n) is 3.06. The monoisotopic (exact) mass is 358 g/mol. The Morgan fingerprint density at radius 2 is 1.88 bits per heavy atom. The lowest BCUT2D eigenvalue weighted by Crippen LogP contribution is -2.31. The molecule has 0 radical (unpaired) electrons. The van der Waals surface area contributed by atoms with Crippen LogP contribution in [0.15, 0.2) is 47.5 Å². The van der Waals surface area contributed by atoms with Gasteiger partial charge in [0.15, 0.2) is 0 Å². The summed E-state index contributed by atoms with van der Waals surface area (Å²) in [4.78, 5) is 4.95. The number of benzene rings is 2. The molecule has 0 fully saturated rings. The average molecular weight is 359 g/mol. The zero-order valence-electron chi connectivity index (χ0n) is 14.8. The van der Waals surface area contributed by atoms with Gasteiger partial charge in [-0.25, -0.2) is 0 Å². The van der Waals surface area contributed by atoms with Crippen molar-refractivity contribution in [1.82, 2.24) is 5.32 Å². The van der Waals surface area contributed by atoms with Crippen molar-refractivity contribution >= 4 is 17.4 Å². The van der Waals surface area contributed by atoms with E-state index in [1.807, 2.05) is 49.4 Å². The summed E-state index contributed by atoms with van der Waals surface area (Å²) in [6.45, 7) is 4.72. The molecule has 0 amide bonds. The topological polar surface area (TPSA) is 42.9 Å². The quantitative estimate of drug-likeness (QED) is 0.819. The molecule has 2 aromatic rings. The fourth-order valence-corrected chi connectivity index (χ4v) is 3.19. The molecule has 1 unspecified atom stereocenters. The summed E-state index contributed by atoms with van der Waals surface area (Å²) in [6.07, 6.45) is 0.973. The Labute approximate surface area is 153 Å². The lowest BCUT2D eigenvalue weighted by atomic mass is 9.99. The van der Waals surface area contributed by atoms with Crippen LogP contribution in [0.25, 0.3) is 0 Å². The van der Waals surface area contributed by atoms with Crippen molar-refractivity contribution in [3.63, 3.8) is 0 Å². The number of rotatable bonds is 6. The minimum Gasteiger partial charge on any atom is -0.497 e. The molecule has 0 saturated carbocycles. The molecule has 2 atom stereocenters. The predicted octanol–water partition coefficient (Wildman–Crippen LogP) is 4.62. The maximum Gasteiger partial charge on any atom is 0.133 e. The number of hydrogen-bond acceptors (Lipinski definition) is 4. The third kappa shape index (κ3) is 3.74. The Balaban J connectivity index is 1.97. The van der Waals surface area contributed by atoms with Crippen LogP contribution in [-0.2, 0) is 0 Å². The Kier molecular flexibility index (Phi) is 5.49. The third-order valence-electron chi connectivity index (χ3n) is 4.37. The molecule has 132 valence electrons. The molecular weight excluding hydrogens is 336 g/mol. The highest BCUT2D eigenvalue weighted by molar-refractivity contribution is 6.30. The van der Waals surface area contributed by atoms with Crippen LogP contribution in [0.1, 0.15) is 37.4 Å². The highest BCUT2D eigenvalue weighted by atomic mass is 35.5. The van der Waals surface area contributed by atoms with Crippen molar-refractivity contribution in [2.24, 2.45) is 4.99 Å². The van der Waals surface area contributed by atoms with Crippen LogP contribution < -0.4 is 14.8 Å². The SMILES string of the molecule is CCOc1cc(OC)ccc1C1=NC(c2ccc(Cl)cc2)[C@@H](CC)N1. The molecule has 5 heteroatoms. The Bertz CT molecular complexity index is 759. The second-order valence-corrected chi connectivity index (χ2v) is 6.36. The molecule has 4 nitrogen and oxygen atoms in total. The van der Waals surface area contributed by atoms with Gasteiger partial charge in [-0.15, -0.1) is 0 Å². The Morgan fingerprint density at radius 3 is 2.52 bits per heavy atom. The van der Waals surface area contributed by atoms with E-state index in [4.69, 9.17) is 26.1 Å². The molecule has 1 aliphatic rings. The van der Waals surface area contributed by atoms with Gasteiger partial charge in [-0.2, -0.15) is 0 Å². The molecule has 1 aliphatic heterocycles. The number of ether oxygens (including phenoxy) is 2. The van der Waals surface area contributed by atoms with Crippen LogP contribution in [0.3, 0.4) is 0 Å². The summed E-state index contributed by atoms with van der Waals surface area (Å²) in [7, 11) is 1.65. The lowest BCUT2D eigenvalue weighted by Gasteiger charge is -2.17. The average Bonchev–Trinajstić information content (AvgIpc) is 3.06. The molecule has 0 saturated heterocycles. The Hall–Kier alpha value is -2.20. The van der Waals surface area contributed by atoms with E-state index in [1.165, 1.54) is 0 Å². The zero-order valence-corrected chi connectivity index (χ0v) is 15.5. The number of methoxy groups -OCH3 is 1. The van der Waals surface area contributed by atoms with Crippen LogP contribution in [0, 0.1) is 0 Å². The second-order valence-electron chi connectivity index (χ2n) is 5.93. The fraction of sp³-hybridized carbons (Fsp3) is 0.350. The molecule has 0 bridgehead atoms. The van der Waals surface area contributed by atoms with Gasteiger partial charge in [0, 0.05) is 11.1 Å². The van der Waals surface area contributed by atoms with E-state index in [0.29, 0.717) is 6.61 Å². The molecule has 0 spiro atoms. The summed E-state index contributed by atoms with van der Waals surface area (Å²) in [6, 6.07) is 14.0. The summed E-state index contributed by atoms with van der Waals surface area (Å²) < 4.78 is 11.1. The smallest absolute Gasteiger partial charge is 0.133 e. The first-order valence-corrected chi connectivity index (χ1v) is 8.95. The van der Waals surface area contributed by atoms with Gasteiger partial charge >= 0.3 is 0 Å². The van der Waals surface area contributed by atoms with Gasteiger partial charge in [0.1, 0.15) is 17.3 Å². The van der Waals surface area contributed by atoms with Crippen molar-refractivity contribution in [3.05, 3.63) is 58.6 Å². The van der Waals surface area contributed by atoms with Gasteiger partial charge in [-0.05, 0) is 43.2 Å². The molecule has 1 heterocycles. The highest BCUT2D eigenvalue weighted by Gasteiger charge is 2.30. The van der Waals surface area contributed by atoms with Crippen LogP contribution in [0.4, 0.5) is 0 Å². The van der Waals surface area contributed by atoms with Gasteiger partial charge in [-0.3, -0.25) is 4.99 Å². The molecule has 0 aliphatic carbocycles. The Morgan fingerprint density at radius 1 is 1.12 bits per heavy atom. The molecule has 2 aromatic carbocycles. The summed E-state index contributed by atoms with van der Waals surface area (Å²) >= 11 is 6.02. The van der Waals surface area contributed by atoms with Crippen LogP contribution >= 0.6 is 11.6 Å². The van der Waals surface area contributed by atoms with Crippen LogP contribution in [0.2, 0.25) is 5.02 Å². The van der Waals surface area contributed by atoms with Gasteiger partial charge < -0.3 is 14.8 Å². The van der Waals surface area contributed by atoms with E-state index in [2.05, 4.69) is 12.2 Å². The van der Waals surface area contributed by atoms with E-state index in [9.17, 15) is 0 Å². The predicted molar refractivity (Wildman–Crippen MR) is 102 cm³/mol. The van der Waals surface area contributed by atoms with Gasteiger partial charge in [0.05, 0.1) is 31.4 Å². The number of halogens is 1. The first-order valence-electron chi connectivity index (χ1n) is 8.57.